The third kappa shape index (κ3) is 14.3. The van der Waals surface area contributed by atoms with Gasteiger partial charge in [0.05, 0.1) is 6.61 Å². The number of hydrogen-bond acceptors (Lipinski definition) is 2. The monoisotopic (exact) mass is 318 g/mol. The summed E-state index contributed by atoms with van der Waals surface area (Å²) in [4.78, 5) is 1.68. The minimum Gasteiger partial charge on any atom is -0.393 e. The molecule has 1 atom stereocenters. The lowest BCUT2D eigenvalue weighted by atomic mass is 10.2. The van der Waals surface area contributed by atoms with Gasteiger partial charge < -0.3 is 10.2 Å². The molecule has 0 unspecified atom stereocenters. The molecule has 3 heteroatoms. The number of allylic oxidation sites excluding steroid dienone is 1. The second kappa shape index (κ2) is 14.4. The Balaban J connectivity index is 3.64. The summed E-state index contributed by atoms with van der Waals surface area (Å²) in [5.41, 5.74) is 0. The van der Waals surface area contributed by atoms with Crippen LogP contribution in [-0.4, -0.2) is 22.9 Å². The van der Waals surface area contributed by atoms with Crippen molar-refractivity contribution in [3.05, 3.63) is 11.1 Å². The molecule has 0 spiro atoms. The van der Waals surface area contributed by atoms with E-state index in [1.165, 1.54) is 0 Å². The van der Waals surface area contributed by atoms with E-state index < -0.39 is 6.10 Å². The maximum Gasteiger partial charge on any atom is 0.138 e. The second-order valence-electron chi connectivity index (χ2n) is 3.34. The number of halogens is 1. The molecular weight excluding hydrogens is 304 g/mol. The van der Waals surface area contributed by atoms with E-state index in [0.717, 1.165) is 25.7 Å². The van der Waals surface area contributed by atoms with E-state index in [2.05, 4.69) is 63.3 Å². The van der Waals surface area contributed by atoms with Crippen molar-refractivity contribution >= 4 is 15.9 Å². The highest BCUT2D eigenvalue weighted by Gasteiger charge is 1.90. The minimum atomic E-state index is -0.995. The molecule has 0 aliphatic carbocycles. The molecule has 0 bridgehead atoms. The van der Waals surface area contributed by atoms with E-state index in [-0.39, 0.29) is 6.61 Å². The summed E-state index contributed by atoms with van der Waals surface area (Å²) < 4.78 is 0. The molecule has 0 heterocycles. The first-order chi connectivity index (χ1) is 9.31. The minimum absolute atomic E-state index is 0.359. The summed E-state index contributed by atoms with van der Waals surface area (Å²) in [6.45, 7) is -0.359. The molecule has 0 aromatic carbocycles. The molecule has 0 aliphatic heterocycles. The van der Waals surface area contributed by atoms with Crippen molar-refractivity contribution in [3.8, 4) is 47.4 Å². The number of rotatable bonds is 4. The highest BCUT2D eigenvalue weighted by molar-refractivity contribution is 9.11. The van der Waals surface area contributed by atoms with Crippen LogP contribution in [0.2, 0.25) is 0 Å². The number of unbranched alkanes of at least 4 members (excludes halogenated alkanes) is 3. The highest BCUT2D eigenvalue weighted by atomic mass is 79.9. The van der Waals surface area contributed by atoms with Crippen LogP contribution in [0.5, 0.6) is 0 Å². The highest BCUT2D eigenvalue weighted by Crippen LogP contribution is 1.96. The van der Waals surface area contributed by atoms with Gasteiger partial charge >= 0.3 is 0 Å². The van der Waals surface area contributed by atoms with Crippen LogP contribution in [-0.2, 0) is 0 Å². The fourth-order valence-electron chi connectivity index (χ4n) is 0.914. The Morgan fingerprint density at radius 3 is 2.21 bits per heavy atom. The SMILES string of the molecule is OC[C@H](O)C#CC#CCCCCC#CC#C/C=C/Br. The molecule has 19 heavy (non-hydrogen) atoms. The van der Waals surface area contributed by atoms with Crippen LogP contribution in [0.3, 0.4) is 0 Å². The quantitative estimate of drug-likeness (QED) is 0.613. The Labute approximate surface area is 123 Å². The Bertz CT molecular complexity index is 504. The lowest BCUT2D eigenvalue weighted by molar-refractivity contribution is 0.138. The molecule has 2 N–H and O–H groups in total. The van der Waals surface area contributed by atoms with Crippen molar-refractivity contribution < 1.29 is 10.2 Å². The van der Waals surface area contributed by atoms with E-state index in [9.17, 15) is 0 Å². The standard InChI is InChI=1S/C16H15BrO2/c17-14-12-10-8-6-4-2-1-3-5-7-9-11-13-16(19)15-18/h12,14,16,18-19H,1-3,5,15H2/b14-12+/t16-/m1/s1. The smallest absolute Gasteiger partial charge is 0.138 e. The predicted octanol–water partition coefficient (Wildman–Crippen LogP) is 1.82. The van der Waals surface area contributed by atoms with Crippen LogP contribution >= 0.6 is 15.9 Å². The zero-order chi connectivity index (χ0) is 14.2. The van der Waals surface area contributed by atoms with E-state index in [0.29, 0.717) is 0 Å². The summed E-state index contributed by atoms with van der Waals surface area (Å²) in [6.07, 6.45) is 4.18. The second-order valence-corrected chi connectivity index (χ2v) is 3.87. The molecule has 0 saturated carbocycles. The normalized spacial score (nSPS) is 9.84. The third-order valence-corrected chi connectivity index (χ3v) is 2.05. The molecule has 98 valence electrons. The van der Waals surface area contributed by atoms with Crippen LogP contribution in [0, 0.1) is 47.4 Å². The zero-order valence-electron chi connectivity index (χ0n) is 10.5. The van der Waals surface area contributed by atoms with Crippen molar-refractivity contribution in [2.45, 2.75) is 31.8 Å². The summed E-state index contributed by atoms with van der Waals surface area (Å²) in [6, 6.07) is 0. The Morgan fingerprint density at radius 2 is 1.63 bits per heavy atom. The predicted molar refractivity (Wildman–Crippen MR) is 80.7 cm³/mol. The molecule has 0 fully saturated rings. The lowest BCUT2D eigenvalue weighted by Gasteiger charge is -1.91. The van der Waals surface area contributed by atoms with Gasteiger partial charge in [0.25, 0.3) is 0 Å². The maximum absolute atomic E-state index is 8.91. The van der Waals surface area contributed by atoms with Gasteiger partial charge in [-0.1, -0.05) is 39.6 Å². The van der Waals surface area contributed by atoms with E-state index in [4.69, 9.17) is 10.2 Å². The van der Waals surface area contributed by atoms with E-state index in [1.807, 2.05) is 0 Å². The van der Waals surface area contributed by atoms with Gasteiger partial charge in [-0.15, -0.1) is 0 Å². The first-order valence-electron chi connectivity index (χ1n) is 5.82. The molecular formula is C16H15BrO2. The summed E-state index contributed by atoms with van der Waals surface area (Å²) in [5, 5.41) is 17.4. The first-order valence-corrected chi connectivity index (χ1v) is 6.73. The first kappa shape index (κ1) is 17.4. The van der Waals surface area contributed by atoms with Gasteiger partial charge in [0.1, 0.15) is 6.10 Å². The average molecular weight is 319 g/mol. The molecule has 0 aliphatic rings. The van der Waals surface area contributed by atoms with Crippen LogP contribution in [0.15, 0.2) is 11.1 Å². The third-order valence-electron chi connectivity index (χ3n) is 1.79. The fraction of sp³-hybridized carbons (Fsp3) is 0.375. The fourth-order valence-corrected chi connectivity index (χ4v) is 1.05. The molecule has 0 rings (SSSR count). The Morgan fingerprint density at radius 1 is 1.00 bits per heavy atom. The van der Waals surface area contributed by atoms with Crippen LogP contribution in [0.25, 0.3) is 0 Å². The summed E-state index contributed by atoms with van der Waals surface area (Å²) in [5.74, 6) is 21.6. The van der Waals surface area contributed by atoms with Crippen molar-refractivity contribution in [2.24, 2.45) is 0 Å². The topological polar surface area (TPSA) is 40.5 Å². The largest absolute Gasteiger partial charge is 0.393 e. The molecule has 0 aromatic rings. The summed E-state index contributed by atoms with van der Waals surface area (Å²) in [7, 11) is 0. The molecule has 0 aromatic heterocycles. The van der Waals surface area contributed by atoms with Crippen molar-refractivity contribution in [1.29, 1.82) is 0 Å². The van der Waals surface area contributed by atoms with Crippen molar-refractivity contribution in [2.75, 3.05) is 6.61 Å². The van der Waals surface area contributed by atoms with Crippen molar-refractivity contribution in [1.82, 2.24) is 0 Å². The molecule has 0 amide bonds. The van der Waals surface area contributed by atoms with Gasteiger partial charge in [0.15, 0.2) is 0 Å². The van der Waals surface area contributed by atoms with E-state index >= 15 is 0 Å². The number of aliphatic hydroxyl groups is 2. The van der Waals surface area contributed by atoms with E-state index in [1.54, 1.807) is 11.1 Å². The molecule has 2 nitrogen and oxygen atoms in total. The zero-order valence-corrected chi connectivity index (χ0v) is 12.1. The molecule has 0 radical (unpaired) electrons. The molecule has 0 saturated heterocycles. The lowest BCUT2D eigenvalue weighted by Crippen LogP contribution is -2.07. The van der Waals surface area contributed by atoms with Crippen LogP contribution in [0.1, 0.15) is 25.7 Å². The Hall–Kier alpha value is -1.62. The summed E-state index contributed by atoms with van der Waals surface area (Å²) >= 11 is 3.11. The van der Waals surface area contributed by atoms with Crippen LogP contribution in [0.4, 0.5) is 0 Å². The van der Waals surface area contributed by atoms with Gasteiger partial charge in [0.2, 0.25) is 0 Å². The van der Waals surface area contributed by atoms with Crippen molar-refractivity contribution in [3.63, 3.8) is 0 Å². The van der Waals surface area contributed by atoms with Gasteiger partial charge in [-0.2, -0.15) is 0 Å². The van der Waals surface area contributed by atoms with Gasteiger partial charge in [0, 0.05) is 12.8 Å². The van der Waals surface area contributed by atoms with Gasteiger partial charge in [-0.25, -0.2) is 0 Å². The number of hydrogen-bond donors (Lipinski definition) is 2. The average Bonchev–Trinajstić information content (AvgIpc) is 2.43. The maximum atomic E-state index is 8.91. The van der Waals surface area contributed by atoms with Crippen LogP contribution < -0.4 is 0 Å². The van der Waals surface area contributed by atoms with Gasteiger partial charge in [-0.05, 0) is 47.6 Å². The van der Waals surface area contributed by atoms with Gasteiger partial charge in [-0.3, -0.25) is 0 Å². The Kier molecular flexibility index (Phi) is 13.2. The number of aliphatic hydroxyl groups excluding tert-OH is 2.